The number of thiocarbonyl (C=S) groups is 1. The first-order chi connectivity index (χ1) is 16.8. The fraction of sp³-hybridized carbons (Fsp3) is 0.409. The Kier molecular flexibility index (Phi) is 8.61. The highest BCUT2D eigenvalue weighted by Gasteiger charge is 2.33. The van der Waals surface area contributed by atoms with Crippen molar-refractivity contribution in [3.8, 4) is 17.2 Å². The predicted molar refractivity (Wildman–Crippen MR) is 123 cm³/mol. The lowest BCUT2D eigenvalue weighted by Crippen LogP contribution is -2.36. The topological polar surface area (TPSA) is 84.0 Å². The number of aliphatic hydroxyl groups is 1. The Hall–Kier alpha value is -3.13. The number of halogens is 6. The Morgan fingerprint density at radius 1 is 1.00 bits per heavy atom. The quantitative estimate of drug-likeness (QED) is 0.198. The van der Waals surface area contributed by atoms with Crippen LogP contribution >= 0.6 is 12.2 Å². The van der Waals surface area contributed by atoms with Crippen molar-refractivity contribution in [3.05, 3.63) is 42.5 Å². The summed E-state index contributed by atoms with van der Waals surface area (Å²) in [6.45, 7) is 1.34. The Balaban J connectivity index is 1.55. The Labute approximate surface area is 207 Å². The third-order valence-corrected chi connectivity index (χ3v) is 5.11. The maximum absolute atomic E-state index is 12.6. The predicted octanol–water partition coefficient (Wildman–Crippen LogP) is 5.52. The van der Waals surface area contributed by atoms with E-state index in [0.717, 1.165) is 18.2 Å². The van der Waals surface area contributed by atoms with Crippen LogP contribution in [0.1, 0.15) is 26.2 Å². The molecule has 3 atom stereocenters. The molecule has 1 aliphatic carbocycles. The molecule has 2 aromatic rings. The van der Waals surface area contributed by atoms with Gasteiger partial charge in [-0.05, 0) is 56.2 Å². The summed E-state index contributed by atoms with van der Waals surface area (Å²) in [4.78, 5) is 0. The molecule has 198 valence electrons. The second kappa shape index (κ2) is 11.3. The average Bonchev–Trinajstić information content (AvgIpc) is 3.14. The number of nitrogens with one attached hydrogen (secondary N) is 3. The van der Waals surface area contributed by atoms with Crippen LogP contribution in [0.3, 0.4) is 0 Å². The van der Waals surface area contributed by atoms with Gasteiger partial charge in [-0.2, -0.15) is 0 Å². The van der Waals surface area contributed by atoms with Gasteiger partial charge >= 0.3 is 12.7 Å². The lowest BCUT2D eigenvalue weighted by molar-refractivity contribution is -0.275. The third-order valence-electron chi connectivity index (χ3n) is 4.89. The van der Waals surface area contributed by atoms with Crippen LogP contribution in [-0.4, -0.2) is 41.3 Å². The van der Waals surface area contributed by atoms with Crippen LogP contribution in [0.25, 0.3) is 0 Å². The van der Waals surface area contributed by atoms with Crippen LogP contribution in [0.5, 0.6) is 17.2 Å². The summed E-state index contributed by atoms with van der Waals surface area (Å²) >= 11 is 5.24. The van der Waals surface area contributed by atoms with Crippen LogP contribution in [0.15, 0.2) is 42.5 Å². The first-order valence-corrected chi connectivity index (χ1v) is 11.1. The molecule has 1 fully saturated rings. The van der Waals surface area contributed by atoms with Gasteiger partial charge in [0.25, 0.3) is 0 Å². The summed E-state index contributed by atoms with van der Waals surface area (Å²) in [5.74, 6) is -0.621. The van der Waals surface area contributed by atoms with E-state index >= 15 is 0 Å². The minimum atomic E-state index is -4.90. The molecular formula is C22H23F6N3O4S. The van der Waals surface area contributed by atoms with Crippen molar-refractivity contribution >= 4 is 28.7 Å². The Morgan fingerprint density at radius 3 is 2.39 bits per heavy atom. The van der Waals surface area contributed by atoms with Crippen LogP contribution < -0.4 is 30.2 Å². The molecule has 36 heavy (non-hydrogen) atoms. The first kappa shape index (κ1) is 27.5. The lowest BCUT2D eigenvalue weighted by atomic mass is 10.2. The molecule has 4 N–H and O–H groups in total. The van der Waals surface area contributed by atoms with E-state index in [1.54, 1.807) is 0 Å². The zero-order valence-corrected chi connectivity index (χ0v) is 19.6. The molecular weight excluding hydrogens is 516 g/mol. The van der Waals surface area contributed by atoms with Gasteiger partial charge in [-0.15, -0.1) is 26.3 Å². The highest BCUT2D eigenvalue weighted by atomic mass is 32.1. The maximum Gasteiger partial charge on any atom is 0.573 e. The van der Waals surface area contributed by atoms with Crippen molar-refractivity contribution < 1.29 is 45.7 Å². The van der Waals surface area contributed by atoms with Crippen molar-refractivity contribution in [2.45, 2.75) is 57.3 Å². The van der Waals surface area contributed by atoms with Crippen LogP contribution in [-0.2, 0) is 0 Å². The maximum atomic E-state index is 12.6. The van der Waals surface area contributed by atoms with E-state index in [0.29, 0.717) is 24.9 Å². The summed E-state index contributed by atoms with van der Waals surface area (Å²) in [6.07, 6.45) is -9.32. The van der Waals surface area contributed by atoms with E-state index in [2.05, 4.69) is 25.4 Å². The van der Waals surface area contributed by atoms with Gasteiger partial charge in [0.15, 0.2) is 10.9 Å². The number of hydrogen-bond donors (Lipinski definition) is 4. The van der Waals surface area contributed by atoms with E-state index in [1.165, 1.54) is 31.2 Å². The van der Waals surface area contributed by atoms with E-state index in [-0.39, 0.29) is 34.4 Å². The minimum absolute atomic E-state index is 0.0883. The van der Waals surface area contributed by atoms with Crippen molar-refractivity contribution in [2.75, 3.05) is 10.6 Å². The van der Waals surface area contributed by atoms with Crippen molar-refractivity contribution in [2.24, 2.45) is 0 Å². The summed E-state index contributed by atoms with van der Waals surface area (Å²) in [6, 6.07) is 8.86. The molecule has 0 heterocycles. The molecule has 0 radical (unpaired) electrons. The van der Waals surface area contributed by atoms with E-state index in [1.807, 2.05) is 0 Å². The summed E-state index contributed by atoms with van der Waals surface area (Å²) in [5.41, 5.74) is 0.217. The number of aliphatic hydroxyl groups excluding tert-OH is 1. The monoisotopic (exact) mass is 539 g/mol. The van der Waals surface area contributed by atoms with Gasteiger partial charge in [-0.3, -0.25) is 0 Å². The van der Waals surface area contributed by atoms with E-state index in [4.69, 9.17) is 17.0 Å². The second-order valence-corrected chi connectivity index (χ2v) is 8.36. The largest absolute Gasteiger partial charge is 0.573 e. The molecule has 0 aliphatic heterocycles. The normalized spacial score (nSPS) is 18.8. The van der Waals surface area contributed by atoms with E-state index < -0.39 is 24.7 Å². The molecule has 7 nitrogen and oxygen atoms in total. The van der Waals surface area contributed by atoms with Gasteiger partial charge in [0.2, 0.25) is 0 Å². The van der Waals surface area contributed by atoms with Gasteiger partial charge in [-0.25, -0.2) is 0 Å². The summed E-state index contributed by atoms with van der Waals surface area (Å²) < 4.78 is 88.9. The number of benzene rings is 2. The average molecular weight is 539 g/mol. The fourth-order valence-electron chi connectivity index (χ4n) is 3.63. The third kappa shape index (κ3) is 9.15. The van der Waals surface area contributed by atoms with Crippen molar-refractivity contribution in [1.82, 2.24) is 5.32 Å². The molecule has 3 unspecified atom stereocenters. The molecule has 0 bridgehead atoms. The highest BCUT2D eigenvalue weighted by Crippen LogP contribution is 2.35. The van der Waals surface area contributed by atoms with Crippen LogP contribution in [0.2, 0.25) is 0 Å². The fourth-order valence-corrected chi connectivity index (χ4v) is 3.91. The number of ether oxygens (including phenoxy) is 3. The minimum Gasteiger partial charge on any atom is -0.490 e. The summed E-state index contributed by atoms with van der Waals surface area (Å²) in [7, 11) is 0. The number of rotatable bonds is 8. The molecule has 1 aliphatic rings. The SMILES string of the molecule is CC(O)Nc1cc(OC2CCC(NC(=S)Nc3cccc(OC(F)(F)F)c3)C2)ccc1OC(F)(F)F. The van der Waals surface area contributed by atoms with Gasteiger partial charge in [0.05, 0.1) is 5.69 Å². The molecule has 0 spiro atoms. The van der Waals surface area contributed by atoms with Gasteiger partial charge in [0.1, 0.15) is 23.8 Å². The van der Waals surface area contributed by atoms with Gasteiger partial charge in [0, 0.05) is 30.3 Å². The molecule has 0 amide bonds. The highest BCUT2D eigenvalue weighted by molar-refractivity contribution is 7.80. The van der Waals surface area contributed by atoms with E-state index in [9.17, 15) is 31.4 Å². The molecule has 0 aromatic heterocycles. The van der Waals surface area contributed by atoms with Crippen LogP contribution in [0.4, 0.5) is 37.7 Å². The van der Waals surface area contributed by atoms with Crippen molar-refractivity contribution in [3.63, 3.8) is 0 Å². The van der Waals surface area contributed by atoms with Crippen LogP contribution in [0, 0.1) is 0 Å². The summed E-state index contributed by atoms with van der Waals surface area (Å²) in [5, 5.41) is 18.1. The Bertz CT molecular complexity index is 1050. The molecule has 1 saturated carbocycles. The molecule has 2 aromatic carbocycles. The molecule has 0 saturated heterocycles. The first-order valence-electron chi connectivity index (χ1n) is 10.7. The standard InChI is InChI=1S/C22H23F6N3O4S/c1-12(32)29-18-11-16(7-8-19(18)35-22(26,27)28)33-15-6-5-14(9-15)31-20(36)30-13-3-2-4-17(10-13)34-21(23,24)25/h2-4,7-8,10-12,14-15,29,32H,5-6,9H2,1H3,(H2,30,31,36). The van der Waals surface area contributed by atoms with Gasteiger partial charge in [-0.1, -0.05) is 6.07 Å². The number of anilines is 2. The number of hydrogen-bond acceptors (Lipinski definition) is 6. The molecule has 14 heteroatoms. The zero-order chi connectivity index (χ0) is 26.5. The lowest BCUT2D eigenvalue weighted by Gasteiger charge is -2.20. The van der Waals surface area contributed by atoms with Crippen molar-refractivity contribution in [1.29, 1.82) is 0 Å². The smallest absolute Gasteiger partial charge is 0.490 e. The number of alkyl halides is 6. The molecule has 3 rings (SSSR count). The second-order valence-electron chi connectivity index (χ2n) is 7.95. The zero-order valence-electron chi connectivity index (χ0n) is 18.7. The Morgan fingerprint density at radius 2 is 1.72 bits per heavy atom. The van der Waals surface area contributed by atoms with Gasteiger partial charge < -0.3 is 35.3 Å².